The predicted octanol–water partition coefficient (Wildman–Crippen LogP) is 3.01. The highest BCUT2D eigenvalue weighted by Crippen LogP contribution is 2.23. The summed E-state index contributed by atoms with van der Waals surface area (Å²) in [5.74, 6) is 0. The van der Waals surface area contributed by atoms with Crippen LogP contribution in [0.3, 0.4) is 0 Å². The summed E-state index contributed by atoms with van der Waals surface area (Å²) in [6.45, 7) is 2.12. The summed E-state index contributed by atoms with van der Waals surface area (Å²) in [7, 11) is 0. The molecule has 1 heteroatoms. The maximum atomic E-state index is 3.10. The van der Waals surface area contributed by atoms with E-state index in [0.717, 1.165) is 0 Å². The first-order valence-electron chi connectivity index (χ1n) is 3.22. The van der Waals surface area contributed by atoms with Crippen LogP contribution in [0, 0.1) is 13.0 Å². The molecule has 0 aliphatic heterocycles. The number of hydrogen-bond donors (Lipinski definition) is 0. The summed E-state index contributed by atoms with van der Waals surface area (Å²) in [6, 6.07) is 9.28. The molecule has 0 fully saturated rings. The average molecular weight is 147 g/mol. The molecule has 0 atom stereocenters. The van der Waals surface area contributed by atoms with Crippen LogP contribution in [0.4, 0.5) is 0 Å². The van der Waals surface area contributed by atoms with Gasteiger partial charge in [-0.05, 0) is 47.5 Å². The summed E-state index contributed by atoms with van der Waals surface area (Å²) < 4.78 is 1.39. The zero-order valence-corrected chi connectivity index (χ0v) is 6.53. The van der Waals surface area contributed by atoms with Gasteiger partial charge in [-0.3, -0.25) is 0 Å². The molecule has 1 radical (unpaired) electrons. The van der Waals surface area contributed by atoms with Crippen LogP contribution in [0.15, 0.2) is 23.6 Å². The van der Waals surface area contributed by atoms with Crippen LogP contribution in [0.2, 0.25) is 0 Å². The van der Waals surface area contributed by atoms with Crippen molar-refractivity contribution < 1.29 is 0 Å². The van der Waals surface area contributed by atoms with E-state index in [1.807, 2.05) is 12.1 Å². The maximum absolute atomic E-state index is 3.10. The Morgan fingerprint density at radius 3 is 3.10 bits per heavy atom. The first kappa shape index (κ1) is 5.93. The predicted molar refractivity (Wildman–Crippen MR) is 45.4 cm³/mol. The van der Waals surface area contributed by atoms with Crippen LogP contribution in [-0.2, 0) is 0 Å². The molecule has 1 aromatic heterocycles. The van der Waals surface area contributed by atoms with Gasteiger partial charge in [0.05, 0.1) is 0 Å². The molecule has 0 amide bonds. The zero-order chi connectivity index (χ0) is 6.97. The second-order valence-electron chi connectivity index (χ2n) is 2.34. The molecular formula is C9H7S. The van der Waals surface area contributed by atoms with Gasteiger partial charge < -0.3 is 0 Å². The summed E-state index contributed by atoms with van der Waals surface area (Å²) >= 11 is 1.79. The van der Waals surface area contributed by atoms with E-state index in [1.165, 1.54) is 15.6 Å². The number of benzene rings is 1. The summed E-state index contributed by atoms with van der Waals surface area (Å²) in [4.78, 5) is 0. The molecule has 1 heterocycles. The van der Waals surface area contributed by atoms with Crippen molar-refractivity contribution in [2.45, 2.75) is 6.92 Å². The molecule has 0 nitrogen and oxygen atoms in total. The number of fused-ring (bicyclic) bond motifs is 1. The van der Waals surface area contributed by atoms with E-state index in [0.29, 0.717) is 0 Å². The van der Waals surface area contributed by atoms with E-state index in [2.05, 4.69) is 24.4 Å². The van der Waals surface area contributed by atoms with Crippen molar-refractivity contribution >= 4 is 21.4 Å². The third-order valence-corrected chi connectivity index (χ3v) is 2.66. The minimum atomic E-state index is 1.31. The van der Waals surface area contributed by atoms with Gasteiger partial charge in [-0.2, -0.15) is 0 Å². The van der Waals surface area contributed by atoms with Crippen molar-refractivity contribution in [2.24, 2.45) is 0 Å². The Morgan fingerprint density at radius 1 is 1.40 bits per heavy atom. The van der Waals surface area contributed by atoms with Gasteiger partial charge in [0.15, 0.2) is 0 Å². The number of hydrogen-bond acceptors (Lipinski definition) is 1. The number of thiophene rings is 1. The highest BCUT2D eigenvalue weighted by atomic mass is 32.1. The quantitative estimate of drug-likeness (QED) is 0.537. The van der Waals surface area contributed by atoms with Crippen LogP contribution in [0.1, 0.15) is 5.56 Å². The standard InChI is InChI=1S/C9H7S/c1-7-3-2-4-8-5-6-10-9(7)8/h3-6H,1H3. The van der Waals surface area contributed by atoms with E-state index in [9.17, 15) is 0 Å². The molecule has 1 aromatic carbocycles. The SMILES string of the molecule is Cc1c[c]cc2ccsc12. The third kappa shape index (κ3) is 0.745. The van der Waals surface area contributed by atoms with Crippen LogP contribution in [-0.4, -0.2) is 0 Å². The molecule has 0 bridgehead atoms. The molecule has 0 aliphatic carbocycles. The first-order valence-corrected chi connectivity index (χ1v) is 4.10. The summed E-state index contributed by atoms with van der Waals surface area (Å²) in [5, 5.41) is 3.43. The minimum absolute atomic E-state index is 1.31. The van der Waals surface area contributed by atoms with E-state index in [4.69, 9.17) is 0 Å². The lowest BCUT2D eigenvalue weighted by Gasteiger charge is -1.91. The first-order chi connectivity index (χ1) is 4.88. The Balaban J connectivity index is 2.95. The van der Waals surface area contributed by atoms with Crippen molar-refractivity contribution in [3.63, 3.8) is 0 Å². The smallest absolute Gasteiger partial charge is 0.0372 e. The maximum Gasteiger partial charge on any atom is 0.0372 e. The molecule has 0 saturated heterocycles. The fraction of sp³-hybridized carbons (Fsp3) is 0.111. The lowest BCUT2D eigenvalue weighted by Crippen LogP contribution is -1.68. The Bertz CT molecular complexity index is 346. The Labute approximate surface area is 64.1 Å². The van der Waals surface area contributed by atoms with Gasteiger partial charge in [0.1, 0.15) is 0 Å². The average Bonchev–Trinajstić information content (AvgIpc) is 2.36. The molecule has 0 spiro atoms. The summed E-state index contributed by atoms with van der Waals surface area (Å²) in [5.41, 5.74) is 1.33. The number of rotatable bonds is 0. The van der Waals surface area contributed by atoms with Gasteiger partial charge in [0.25, 0.3) is 0 Å². The number of aryl methyl sites for hydroxylation is 1. The minimum Gasteiger partial charge on any atom is -0.144 e. The van der Waals surface area contributed by atoms with Crippen molar-refractivity contribution in [2.75, 3.05) is 0 Å². The second-order valence-corrected chi connectivity index (χ2v) is 3.26. The van der Waals surface area contributed by atoms with Gasteiger partial charge in [0.2, 0.25) is 0 Å². The van der Waals surface area contributed by atoms with E-state index < -0.39 is 0 Å². The lowest BCUT2D eigenvalue weighted by atomic mass is 10.2. The van der Waals surface area contributed by atoms with E-state index in [1.54, 1.807) is 11.3 Å². The van der Waals surface area contributed by atoms with Crippen LogP contribution in [0.5, 0.6) is 0 Å². The normalized spacial score (nSPS) is 10.5. The fourth-order valence-electron chi connectivity index (χ4n) is 1.08. The molecule has 0 unspecified atom stereocenters. The van der Waals surface area contributed by atoms with Gasteiger partial charge in [-0.1, -0.05) is 0 Å². The molecule has 0 N–H and O–H groups in total. The van der Waals surface area contributed by atoms with Crippen LogP contribution in [0.25, 0.3) is 10.1 Å². The molecule has 2 rings (SSSR count). The van der Waals surface area contributed by atoms with Crippen LogP contribution >= 0.6 is 11.3 Å². The molecule has 49 valence electrons. The third-order valence-electron chi connectivity index (χ3n) is 1.59. The topological polar surface area (TPSA) is 0 Å². The Morgan fingerprint density at radius 2 is 2.30 bits per heavy atom. The van der Waals surface area contributed by atoms with Crippen molar-refractivity contribution in [3.05, 3.63) is 35.2 Å². The largest absolute Gasteiger partial charge is 0.144 e. The van der Waals surface area contributed by atoms with Gasteiger partial charge in [-0.25, -0.2) is 0 Å². The van der Waals surface area contributed by atoms with Gasteiger partial charge in [-0.15, -0.1) is 11.3 Å². The van der Waals surface area contributed by atoms with Gasteiger partial charge >= 0.3 is 0 Å². The van der Waals surface area contributed by atoms with Crippen LogP contribution < -0.4 is 0 Å². The molecule has 0 aliphatic rings. The monoisotopic (exact) mass is 147 g/mol. The lowest BCUT2D eigenvalue weighted by molar-refractivity contribution is 1.55. The Kier molecular flexibility index (Phi) is 1.24. The molecule has 10 heavy (non-hydrogen) atoms. The molecule has 0 saturated carbocycles. The van der Waals surface area contributed by atoms with Crippen molar-refractivity contribution in [1.82, 2.24) is 0 Å². The Hall–Kier alpha value is -0.820. The van der Waals surface area contributed by atoms with E-state index >= 15 is 0 Å². The molecule has 2 aromatic rings. The highest BCUT2D eigenvalue weighted by Gasteiger charge is 1.94. The van der Waals surface area contributed by atoms with Gasteiger partial charge in [0, 0.05) is 4.70 Å². The highest BCUT2D eigenvalue weighted by molar-refractivity contribution is 7.17. The zero-order valence-electron chi connectivity index (χ0n) is 5.72. The van der Waals surface area contributed by atoms with E-state index in [-0.39, 0.29) is 0 Å². The van der Waals surface area contributed by atoms with Crippen molar-refractivity contribution in [1.29, 1.82) is 0 Å². The second kappa shape index (κ2) is 2.10. The molecular weight excluding hydrogens is 140 g/mol. The summed E-state index contributed by atoms with van der Waals surface area (Å²) in [6.07, 6.45) is 0. The fourth-order valence-corrected chi connectivity index (χ4v) is 1.93. The van der Waals surface area contributed by atoms with Crippen molar-refractivity contribution in [3.8, 4) is 0 Å².